The second-order valence-electron chi connectivity index (χ2n) is 8.76. The summed E-state index contributed by atoms with van der Waals surface area (Å²) in [4.78, 5) is 20.6. The standard InChI is InChI=1S/C22H29ClN6O4/c1-21(2,3)33-20(30)25-12-22(4,5)29-19-27-17(23)16(11-24)18(28-19)26-13-8-14(31-6)10-15(9-13)32-7/h8-10H,12H2,1-7H3,(H,25,30)(H2,26,27,28,29). The molecule has 0 fully saturated rings. The van der Waals surface area contributed by atoms with Crippen molar-refractivity contribution >= 4 is 35.1 Å². The molecule has 178 valence electrons. The monoisotopic (exact) mass is 476 g/mol. The molecule has 10 nitrogen and oxygen atoms in total. The number of alkyl carbamates (subject to hydrolysis) is 1. The third-order valence-electron chi connectivity index (χ3n) is 4.11. The zero-order valence-electron chi connectivity index (χ0n) is 19.8. The van der Waals surface area contributed by atoms with E-state index in [4.69, 9.17) is 25.8 Å². The minimum Gasteiger partial charge on any atom is -0.497 e. The van der Waals surface area contributed by atoms with Gasteiger partial charge in [0.15, 0.2) is 11.0 Å². The molecule has 33 heavy (non-hydrogen) atoms. The number of methoxy groups -OCH3 is 2. The van der Waals surface area contributed by atoms with Gasteiger partial charge in [-0.2, -0.15) is 15.2 Å². The zero-order valence-corrected chi connectivity index (χ0v) is 20.5. The molecule has 0 saturated carbocycles. The molecule has 0 atom stereocenters. The molecule has 0 aliphatic rings. The number of aromatic nitrogens is 2. The molecule has 1 heterocycles. The minimum absolute atomic E-state index is 0.0248. The number of hydrogen-bond donors (Lipinski definition) is 3. The number of hydrogen-bond acceptors (Lipinski definition) is 9. The zero-order chi connectivity index (χ0) is 24.8. The molecule has 0 saturated heterocycles. The normalized spacial score (nSPS) is 11.2. The van der Waals surface area contributed by atoms with E-state index in [-0.39, 0.29) is 29.0 Å². The van der Waals surface area contributed by atoms with Crippen LogP contribution in [0.5, 0.6) is 11.5 Å². The highest BCUT2D eigenvalue weighted by Crippen LogP contribution is 2.30. The Hall–Kier alpha value is -3.45. The molecule has 1 aromatic carbocycles. The van der Waals surface area contributed by atoms with Gasteiger partial charge in [0.05, 0.1) is 19.8 Å². The topological polar surface area (TPSA) is 130 Å². The van der Waals surface area contributed by atoms with E-state index in [1.807, 2.05) is 19.9 Å². The van der Waals surface area contributed by atoms with Crippen molar-refractivity contribution < 1.29 is 19.0 Å². The average molecular weight is 477 g/mol. The molecule has 0 spiro atoms. The minimum atomic E-state index is -0.662. The number of anilines is 3. The van der Waals surface area contributed by atoms with Crippen LogP contribution in [0.25, 0.3) is 0 Å². The number of benzene rings is 1. The van der Waals surface area contributed by atoms with Crippen LogP contribution in [0.15, 0.2) is 18.2 Å². The fourth-order valence-corrected chi connectivity index (χ4v) is 2.86. The maximum Gasteiger partial charge on any atom is 0.407 e. The van der Waals surface area contributed by atoms with Gasteiger partial charge in [0.2, 0.25) is 5.95 Å². The second kappa shape index (κ2) is 10.4. The van der Waals surface area contributed by atoms with Gasteiger partial charge in [-0.05, 0) is 34.6 Å². The molecule has 1 amide bonds. The van der Waals surface area contributed by atoms with E-state index in [1.54, 1.807) is 39.0 Å². The molecule has 3 N–H and O–H groups in total. The number of carbonyl (C=O) groups is 1. The lowest BCUT2D eigenvalue weighted by molar-refractivity contribution is 0.0519. The van der Waals surface area contributed by atoms with Gasteiger partial charge in [-0.1, -0.05) is 11.6 Å². The van der Waals surface area contributed by atoms with Crippen LogP contribution in [0.2, 0.25) is 5.15 Å². The fourth-order valence-electron chi connectivity index (χ4n) is 2.65. The van der Waals surface area contributed by atoms with Gasteiger partial charge < -0.3 is 30.2 Å². The third-order valence-corrected chi connectivity index (χ3v) is 4.39. The lowest BCUT2D eigenvalue weighted by Gasteiger charge is -2.28. The summed E-state index contributed by atoms with van der Waals surface area (Å²) in [5.41, 5.74) is -0.609. The van der Waals surface area contributed by atoms with Gasteiger partial charge in [0, 0.05) is 30.4 Å². The largest absolute Gasteiger partial charge is 0.497 e. The number of halogens is 1. The molecule has 0 bridgehead atoms. The molecule has 2 aromatic rings. The first-order valence-corrected chi connectivity index (χ1v) is 10.5. The van der Waals surface area contributed by atoms with Crippen molar-refractivity contribution in [3.05, 3.63) is 28.9 Å². The molecule has 0 aliphatic carbocycles. The van der Waals surface area contributed by atoms with E-state index < -0.39 is 17.2 Å². The Kier molecular flexibility index (Phi) is 8.17. The Bertz CT molecular complexity index is 1020. The summed E-state index contributed by atoms with van der Waals surface area (Å²) in [6.45, 7) is 9.28. The van der Waals surface area contributed by atoms with Crippen molar-refractivity contribution in [2.24, 2.45) is 0 Å². The van der Waals surface area contributed by atoms with E-state index in [0.717, 1.165) is 0 Å². The average Bonchev–Trinajstić information content (AvgIpc) is 2.70. The maximum atomic E-state index is 12.0. The van der Waals surface area contributed by atoms with Crippen molar-refractivity contribution in [2.45, 2.75) is 45.8 Å². The van der Waals surface area contributed by atoms with Crippen molar-refractivity contribution in [1.29, 1.82) is 5.26 Å². The van der Waals surface area contributed by atoms with Gasteiger partial charge in [-0.15, -0.1) is 0 Å². The van der Waals surface area contributed by atoms with Crippen LogP contribution in [0.3, 0.4) is 0 Å². The van der Waals surface area contributed by atoms with Crippen LogP contribution in [-0.4, -0.2) is 48.0 Å². The Balaban J connectivity index is 2.25. The number of nitrogens with one attached hydrogen (secondary N) is 3. The number of ether oxygens (including phenoxy) is 3. The summed E-state index contributed by atoms with van der Waals surface area (Å²) in [5, 5.41) is 18.4. The fraction of sp³-hybridized carbons (Fsp3) is 0.455. The highest BCUT2D eigenvalue weighted by molar-refractivity contribution is 6.31. The number of rotatable bonds is 8. The third kappa shape index (κ3) is 7.88. The van der Waals surface area contributed by atoms with Crippen LogP contribution < -0.4 is 25.4 Å². The van der Waals surface area contributed by atoms with Crippen LogP contribution in [0.4, 0.5) is 22.2 Å². The van der Waals surface area contributed by atoms with E-state index >= 15 is 0 Å². The predicted molar refractivity (Wildman–Crippen MR) is 127 cm³/mol. The number of nitrogens with zero attached hydrogens (tertiary/aromatic N) is 3. The van der Waals surface area contributed by atoms with Gasteiger partial charge in [0.25, 0.3) is 0 Å². The molecule has 0 unspecified atom stereocenters. The van der Waals surface area contributed by atoms with E-state index in [9.17, 15) is 10.1 Å². The lowest BCUT2D eigenvalue weighted by Crippen LogP contribution is -2.45. The van der Waals surface area contributed by atoms with Gasteiger partial charge in [-0.25, -0.2) is 4.79 Å². The Morgan fingerprint density at radius 2 is 1.70 bits per heavy atom. The number of carbonyl (C=O) groups excluding carboxylic acids is 1. The lowest BCUT2D eigenvalue weighted by atomic mass is 10.1. The SMILES string of the molecule is COc1cc(Nc2nc(NC(C)(C)CNC(=O)OC(C)(C)C)nc(Cl)c2C#N)cc(OC)c1. The van der Waals surface area contributed by atoms with Crippen LogP contribution in [-0.2, 0) is 4.74 Å². The van der Waals surface area contributed by atoms with Gasteiger partial charge in [-0.3, -0.25) is 0 Å². The van der Waals surface area contributed by atoms with Crippen LogP contribution in [0.1, 0.15) is 40.2 Å². The van der Waals surface area contributed by atoms with E-state index in [1.165, 1.54) is 14.2 Å². The molecule has 1 aromatic heterocycles. The van der Waals surface area contributed by atoms with Crippen molar-refractivity contribution in [3.63, 3.8) is 0 Å². The van der Waals surface area contributed by atoms with Crippen LogP contribution in [0, 0.1) is 11.3 Å². The summed E-state index contributed by atoms with van der Waals surface area (Å²) < 4.78 is 15.8. The molecule has 0 aliphatic heterocycles. The first kappa shape index (κ1) is 25.8. The number of amides is 1. The first-order valence-electron chi connectivity index (χ1n) is 10.1. The maximum absolute atomic E-state index is 12.0. The Morgan fingerprint density at radius 3 is 2.21 bits per heavy atom. The van der Waals surface area contributed by atoms with E-state index in [2.05, 4.69) is 25.9 Å². The molecular weight excluding hydrogens is 448 g/mol. The second-order valence-corrected chi connectivity index (χ2v) is 9.12. The summed E-state index contributed by atoms with van der Waals surface area (Å²) in [5.74, 6) is 1.49. The van der Waals surface area contributed by atoms with Crippen molar-refractivity contribution in [3.8, 4) is 17.6 Å². The smallest absolute Gasteiger partial charge is 0.407 e. The molecule has 0 radical (unpaired) electrons. The quantitative estimate of drug-likeness (QED) is 0.472. The summed E-state index contributed by atoms with van der Waals surface area (Å²) in [6, 6.07) is 7.18. The van der Waals surface area contributed by atoms with Gasteiger partial charge >= 0.3 is 6.09 Å². The highest BCUT2D eigenvalue weighted by Gasteiger charge is 2.24. The molecule has 2 rings (SSSR count). The summed E-state index contributed by atoms with van der Waals surface area (Å²) >= 11 is 6.25. The molecular formula is C22H29ClN6O4. The Labute approximate surface area is 198 Å². The van der Waals surface area contributed by atoms with Crippen molar-refractivity contribution in [2.75, 3.05) is 31.4 Å². The highest BCUT2D eigenvalue weighted by atomic mass is 35.5. The first-order chi connectivity index (χ1) is 15.4. The summed E-state index contributed by atoms with van der Waals surface area (Å²) in [7, 11) is 3.08. The van der Waals surface area contributed by atoms with Crippen molar-refractivity contribution in [1.82, 2.24) is 15.3 Å². The number of nitriles is 1. The summed E-state index contributed by atoms with van der Waals surface area (Å²) in [6.07, 6.45) is -0.537. The van der Waals surface area contributed by atoms with Gasteiger partial charge in [0.1, 0.15) is 28.7 Å². The van der Waals surface area contributed by atoms with E-state index in [0.29, 0.717) is 17.2 Å². The van der Waals surface area contributed by atoms with Crippen LogP contribution >= 0.6 is 11.6 Å². The predicted octanol–water partition coefficient (Wildman–Crippen LogP) is 4.48. The molecule has 11 heteroatoms. The Morgan fingerprint density at radius 1 is 1.09 bits per heavy atom.